The molecule has 0 saturated carbocycles. The van der Waals surface area contributed by atoms with Crippen LogP contribution in [0.1, 0.15) is 43.2 Å². The monoisotopic (exact) mass is 365 g/mol. The lowest BCUT2D eigenvalue weighted by molar-refractivity contribution is 0.101. The molecule has 1 aromatic carbocycles. The van der Waals surface area contributed by atoms with Gasteiger partial charge in [0.25, 0.3) is 5.91 Å². The van der Waals surface area contributed by atoms with Gasteiger partial charge in [0.1, 0.15) is 4.88 Å². The van der Waals surface area contributed by atoms with E-state index < -0.39 is 0 Å². The summed E-state index contributed by atoms with van der Waals surface area (Å²) < 4.78 is 0. The number of hydrogen-bond donors (Lipinski definition) is 1. The highest BCUT2D eigenvalue weighted by Gasteiger charge is 2.16. The Balaban J connectivity index is 1.69. The Morgan fingerprint density at radius 3 is 2.62 bits per heavy atom. The molecule has 132 valence electrons. The highest BCUT2D eigenvalue weighted by molar-refractivity contribution is 7.13. The van der Waals surface area contributed by atoms with Crippen molar-refractivity contribution in [3.05, 3.63) is 75.5 Å². The van der Waals surface area contributed by atoms with Gasteiger partial charge in [-0.2, -0.15) is 0 Å². The number of thiazole rings is 1. The van der Waals surface area contributed by atoms with Gasteiger partial charge in [-0.25, -0.2) is 4.98 Å². The molecule has 3 aromatic rings. The first-order valence-corrected chi connectivity index (χ1v) is 9.12. The fourth-order valence-electron chi connectivity index (χ4n) is 2.57. The lowest BCUT2D eigenvalue weighted by atomic mass is 10.1. The van der Waals surface area contributed by atoms with Crippen molar-refractivity contribution in [2.75, 3.05) is 5.32 Å². The Hall–Kier alpha value is -2.86. The van der Waals surface area contributed by atoms with Gasteiger partial charge in [0.15, 0.2) is 5.78 Å². The third kappa shape index (κ3) is 4.40. The number of pyridine rings is 1. The number of aryl methyl sites for hydroxylation is 3. The maximum absolute atomic E-state index is 12.6. The summed E-state index contributed by atoms with van der Waals surface area (Å²) in [6.07, 6.45) is 5.19. The molecule has 0 aliphatic heterocycles. The van der Waals surface area contributed by atoms with Crippen molar-refractivity contribution in [3.8, 4) is 0 Å². The minimum atomic E-state index is -0.198. The van der Waals surface area contributed by atoms with Gasteiger partial charge in [-0.1, -0.05) is 12.1 Å². The minimum Gasteiger partial charge on any atom is -0.321 e. The van der Waals surface area contributed by atoms with Gasteiger partial charge in [-0.3, -0.25) is 14.6 Å². The average molecular weight is 365 g/mol. The number of nitrogens with one attached hydrogen (secondary N) is 1. The maximum Gasteiger partial charge on any atom is 0.267 e. The van der Waals surface area contributed by atoms with Crippen molar-refractivity contribution in [2.24, 2.45) is 0 Å². The SMILES string of the molecule is CC(=O)c1cccc(NC(=O)c2sc(CCc3ccncc3)nc2C)c1. The number of rotatable bonds is 6. The topological polar surface area (TPSA) is 72.0 Å². The third-order valence-electron chi connectivity index (χ3n) is 3.95. The molecule has 0 spiro atoms. The molecule has 0 bridgehead atoms. The molecule has 0 unspecified atom stereocenters. The smallest absolute Gasteiger partial charge is 0.267 e. The van der Waals surface area contributed by atoms with Gasteiger partial charge in [0, 0.05) is 30.1 Å². The van der Waals surface area contributed by atoms with Crippen LogP contribution in [0.5, 0.6) is 0 Å². The molecule has 0 saturated heterocycles. The normalized spacial score (nSPS) is 10.5. The van der Waals surface area contributed by atoms with Crippen LogP contribution >= 0.6 is 11.3 Å². The fourth-order valence-corrected chi connectivity index (χ4v) is 3.53. The molecule has 0 radical (unpaired) electrons. The van der Waals surface area contributed by atoms with Gasteiger partial charge in [0.05, 0.1) is 10.7 Å². The van der Waals surface area contributed by atoms with Crippen molar-refractivity contribution >= 4 is 28.7 Å². The van der Waals surface area contributed by atoms with Crippen molar-refractivity contribution in [1.82, 2.24) is 9.97 Å². The summed E-state index contributed by atoms with van der Waals surface area (Å²) >= 11 is 1.41. The number of ketones is 1. The van der Waals surface area contributed by atoms with E-state index in [4.69, 9.17) is 0 Å². The molecule has 6 heteroatoms. The predicted octanol–water partition coefficient (Wildman–Crippen LogP) is 4.09. The summed E-state index contributed by atoms with van der Waals surface area (Å²) in [5.74, 6) is -0.232. The third-order valence-corrected chi connectivity index (χ3v) is 5.17. The quantitative estimate of drug-likeness (QED) is 0.668. The highest BCUT2D eigenvalue weighted by Crippen LogP contribution is 2.22. The number of hydrogen-bond acceptors (Lipinski definition) is 5. The summed E-state index contributed by atoms with van der Waals surface area (Å²) in [6.45, 7) is 3.34. The van der Waals surface area contributed by atoms with Gasteiger partial charge >= 0.3 is 0 Å². The summed E-state index contributed by atoms with van der Waals surface area (Å²) in [7, 11) is 0. The first-order chi connectivity index (χ1) is 12.5. The summed E-state index contributed by atoms with van der Waals surface area (Å²) in [6, 6.07) is 10.9. The highest BCUT2D eigenvalue weighted by atomic mass is 32.1. The molecule has 1 N–H and O–H groups in total. The van der Waals surface area contributed by atoms with Crippen molar-refractivity contribution in [2.45, 2.75) is 26.7 Å². The molecule has 0 atom stereocenters. The number of Topliss-reactive ketones (excluding diaryl/α,β-unsaturated/α-hetero) is 1. The Morgan fingerprint density at radius 2 is 1.88 bits per heavy atom. The van der Waals surface area contributed by atoms with Crippen LogP contribution in [-0.4, -0.2) is 21.7 Å². The molecule has 5 nitrogen and oxygen atoms in total. The van der Waals surface area contributed by atoms with E-state index in [1.165, 1.54) is 23.8 Å². The van der Waals surface area contributed by atoms with E-state index in [2.05, 4.69) is 15.3 Å². The summed E-state index contributed by atoms with van der Waals surface area (Å²) in [4.78, 5) is 33.2. The number of aromatic nitrogens is 2. The number of benzene rings is 1. The Morgan fingerprint density at radius 1 is 1.12 bits per heavy atom. The molecular weight excluding hydrogens is 346 g/mol. The Bertz CT molecular complexity index is 935. The van der Waals surface area contributed by atoms with E-state index in [0.717, 1.165) is 23.5 Å². The van der Waals surface area contributed by atoms with Crippen LogP contribution in [0.2, 0.25) is 0 Å². The van der Waals surface area contributed by atoms with Crippen LogP contribution in [-0.2, 0) is 12.8 Å². The molecule has 1 amide bonds. The number of carbonyl (C=O) groups is 2. The summed E-state index contributed by atoms with van der Waals surface area (Å²) in [5.41, 5.74) is 3.09. The zero-order valence-corrected chi connectivity index (χ0v) is 15.5. The standard InChI is InChI=1S/C20H19N3O2S/c1-13-19(20(25)23-17-5-3-4-16(12-17)14(2)24)26-18(22-13)7-6-15-8-10-21-11-9-15/h3-5,8-12H,6-7H2,1-2H3,(H,23,25). The largest absolute Gasteiger partial charge is 0.321 e. The van der Waals surface area contributed by atoms with E-state index >= 15 is 0 Å². The fraction of sp³-hybridized carbons (Fsp3) is 0.200. The van der Waals surface area contributed by atoms with Crippen LogP contribution in [0, 0.1) is 6.92 Å². The van der Waals surface area contributed by atoms with Crippen molar-refractivity contribution < 1.29 is 9.59 Å². The second-order valence-corrected chi connectivity index (χ2v) is 7.05. The number of nitrogens with zero attached hydrogens (tertiary/aromatic N) is 2. The molecule has 2 aromatic heterocycles. The van der Waals surface area contributed by atoms with Crippen molar-refractivity contribution in [1.29, 1.82) is 0 Å². The van der Waals surface area contributed by atoms with Crippen LogP contribution in [0.15, 0.2) is 48.8 Å². The molecule has 0 aliphatic rings. The first kappa shape index (κ1) is 17.9. The molecule has 26 heavy (non-hydrogen) atoms. The van der Waals surface area contributed by atoms with E-state index in [9.17, 15) is 9.59 Å². The number of anilines is 1. The number of carbonyl (C=O) groups excluding carboxylic acids is 2. The molecule has 3 rings (SSSR count). The molecule has 0 fully saturated rings. The van der Waals surface area contributed by atoms with E-state index in [-0.39, 0.29) is 11.7 Å². The number of amides is 1. The predicted molar refractivity (Wildman–Crippen MR) is 103 cm³/mol. The maximum atomic E-state index is 12.6. The van der Waals surface area contributed by atoms with Crippen LogP contribution in [0.3, 0.4) is 0 Å². The van der Waals surface area contributed by atoms with Crippen LogP contribution in [0.4, 0.5) is 5.69 Å². The lowest BCUT2D eigenvalue weighted by Gasteiger charge is -2.05. The van der Waals surface area contributed by atoms with Gasteiger partial charge in [-0.15, -0.1) is 11.3 Å². The molecular formula is C20H19N3O2S. The minimum absolute atomic E-state index is 0.0338. The molecule has 0 aliphatic carbocycles. The zero-order chi connectivity index (χ0) is 18.5. The van der Waals surface area contributed by atoms with Gasteiger partial charge < -0.3 is 5.32 Å². The van der Waals surface area contributed by atoms with E-state index in [1.54, 1.807) is 36.7 Å². The van der Waals surface area contributed by atoms with Crippen LogP contribution < -0.4 is 5.32 Å². The first-order valence-electron chi connectivity index (χ1n) is 8.30. The second kappa shape index (κ2) is 8.01. The lowest BCUT2D eigenvalue weighted by Crippen LogP contribution is -2.11. The second-order valence-electron chi connectivity index (χ2n) is 5.97. The van der Waals surface area contributed by atoms with E-state index in [1.807, 2.05) is 19.1 Å². The van der Waals surface area contributed by atoms with Crippen molar-refractivity contribution in [3.63, 3.8) is 0 Å². The van der Waals surface area contributed by atoms with Crippen LogP contribution in [0.25, 0.3) is 0 Å². The van der Waals surface area contributed by atoms with Gasteiger partial charge in [-0.05, 0) is 50.1 Å². The zero-order valence-electron chi connectivity index (χ0n) is 14.7. The average Bonchev–Trinajstić information content (AvgIpc) is 3.02. The van der Waals surface area contributed by atoms with E-state index in [0.29, 0.717) is 16.1 Å². The Labute approximate surface area is 156 Å². The Kier molecular flexibility index (Phi) is 5.53. The van der Waals surface area contributed by atoms with Gasteiger partial charge in [0.2, 0.25) is 0 Å². The molecule has 2 heterocycles. The summed E-state index contributed by atoms with van der Waals surface area (Å²) in [5, 5.41) is 3.78.